The van der Waals surface area contributed by atoms with Gasteiger partial charge in [-0.2, -0.15) is 0 Å². The molecule has 0 heterocycles. The van der Waals surface area contributed by atoms with Crippen LogP contribution in [0.15, 0.2) is 11.6 Å². The van der Waals surface area contributed by atoms with Gasteiger partial charge in [0.25, 0.3) is 0 Å². The van der Waals surface area contributed by atoms with Crippen molar-refractivity contribution < 1.29 is 4.92 Å². The van der Waals surface area contributed by atoms with Gasteiger partial charge in [-0.05, 0) is 31.3 Å². The zero-order chi connectivity index (χ0) is 8.97. The average Bonchev–Trinajstić information content (AvgIpc) is 2.07. The molecule has 1 unspecified atom stereocenters. The molecule has 12 heavy (non-hydrogen) atoms. The summed E-state index contributed by atoms with van der Waals surface area (Å²) in [6.07, 6.45) is 6.95. The summed E-state index contributed by atoms with van der Waals surface area (Å²) in [6.45, 7) is 1.88. The molecule has 0 aliphatic heterocycles. The third kappa shape index (κ3) is 2.06. The summed E-state index contributed by atoms with van der Waals surface area (Å²) >= 11 is 0. The Morgan fingerprint density at radius 1 is 1.67 bits per heavy atom. The molecule has 3 heteroatoms. The minimum atomic E-state index is -0.412. The molecule has 0 bridgehead atoms. The van der Waals surface area contributed by atoms with Crippen molar-refractivity contribution in [1.29, 1.82) is 0 Å². The van der Waals surface area contributed by atoms with Gasteiger partial charge in [0.15, 0.2) is 0 Å². The summed E-state index contributed by atoms with van der Waals surface area (Å²) in [6, 6.07) is -0.412. The molecule has 1 aliphatic carbocycles. The standard InChI is InChI=1S/C9H15NO2/c1-2-9(10(11)12)8-6-4-3-5-7-8/h6,9H,2-5,7H2,1H3. The molecule has 1 atom stereocenters. The molecule has 0 aromatic carbocycles. The van der Waals surface area contributed by atoms with Crippen LogP contribution in [0, 0.1) is 10.1 Å². The first-order chi connectivity index (χ1) is 5.75. The summed E-state index contributed by atoms with van der Waals surface area (Å²) in [4.78, 5) is 10.4. The van der Waals surface area contributed by atoms with Crippen LogP contribution in [0.25, 0.3) is 0 Å². The second-order valence-electron chi connectivity index (χ2n) is 3.23. The van der Waals surface area contributed by atoms with E-state index in [0.29, 0.717) is 6.42 Å². The lowest BCUT2D eigenvalue weighted by atomic mass is 9.93. The fraction of sp³-hybridized carbons (Fsp3) is 0.778. The summed E-state index contributed by atoms with van der Waals surface area (Å²) in [7, 11) is 0. The van der Waals surface area contributed by atoms with Crippen molar-refractivity contribution in [3.8, 4) is 0 Å². The van der Waals surface area contributed by atoms with Gasteiger partial charge in [-0.1, -0.05) is 13.0 Å². The molecule has 0 radical (unpaired) electrons. The van der Waals surface area contributed by atoms with Gasteiger partial charge in [-0.25, -0.2) is 0 Å². The molecular formula is C9H15NO2. The highest BCUT2D eigenvalue weighted by molar-refractivity contribution is 5.10. The third-order valence-corrected chi connectivity index (χ3v) is 2.40. The Bertz CT molecular complexity index is 199. The van der Waals surface area contributed by atoms with Gasteiger partial charge in [0.05, 0.1) is 0 Å². The van der Waals surface area contributed by atoms with E-state index in [4.69, 9.17) is 0 Å². The van der Waals surface area contributed by atoms with Crippen LogP contribution in [0.2, 0.25) is 0 Å². The Morgan fingerprint density at radius 2 is 2.42 bits per heavy atom. The molecule has 0 saturated heterocycles. The molecule has 68 valence electrons. The van der Waals surface area contributed by atoms with Gasteiger partial charge in [-0.15, -0.1) is 0 Å². The lowest BCUT2D eigenvalue weighted by molar-refractivity contribution is -0.512. The van der Waals surface area contributed by atoms with Crippen LogP contribution in [0.5, 0.6) is 0 Å². The van der Waals surface area contributed by atoms with Crippen molar-refractivity contribution in [2.24, 2.45) is 0 Å². The highest BCUT2D eigenvalue weighted by Crippen LogP contribution is 2.23. The van der Waals surface area contributed by atoms with E-state index in [0.717, 1.165) is 24.8 Å². The lowest BCUT2D eigenvalue weighted by Crippen LogP contribution is -2.22. The predicted octanol–water partition coefficient (Wildman–Crippen LogP) is 2.54. The van der Waals surface area contributed by atoms with Gasteiger partial charge in [0.1, 0.15) is 0 Å². The van der Waals surface area contributed by atoms with Crippen molar-refractivity contribution in [2.75, 3.05) is 0 Å². The molecule has 1 rings (SSSR count). The van der Waals surface area contributed by atoms with Crippen LogP contribution in [0.4, 0.5) is 0 Å². The monoisotopic (exact) mass is 169 g/mol. The van der Waals surface area contributed by atoms with Crippen molar-refractivity contribution in [3.05, 3.63) is 21.8 Å². The molecule has 0 N–H and O–H groups in total. The van der Waals surface area contributed by atoms with E-state index in [9.17, 15) is 10.1 Å². The molecular weight excluding hydrogens is 154 g/mol. The summed E-state index contributed by atoms with van der Waals surface area (Å²) < 4.78 is 0. The maximum absolute atomic E-state index is 10.6. The molecule has 0 fully saturated rings. The molecule has 3 nitrogen and oxygen atoms in total. The molecule has 1 aliphatic rings. The van der Waals surface area contributed by atoms with Crippen molar-refractivity contribution in [2.45, 2.75) is 45.1 Å². The summed E-state index contributed by atoms with van der Waals surface area (Å²) in [5.74, 6) is 0. The Hall–Kier alpha value is -0.860. The molecule has 0 aromatic rings. The van der Waals surface area contributed by atoms with E-state index < -0.39 is 6.04 Å². The summed E-state index contributed by atoms with van der Waals surface area (Å²) in [5, 5.41) is 10.6. The second-order valence-corrected chi connectivity index (χ2v) is 3.23. The maximum atomic E-state index is 10.6. The van der Waals surface area contributed by atoms with Crippen molar-refractivity contribution in [3.63, 3.8) is 0 Å². The average molecular weight is 169 g/mol. The number of hydrogen-bond acceptors (Lipinski definition) is 2. The van der Waals surface area contributed by atoms with Crippen LogP contribution in [-0.2, 0) is 0 Å². The number of allylic oxidation sites excluding steroid dienone is 1. The van der Waals surface area contributed by atoms with E-state index in [1.807, 2.05) is 6.92 Å². The number of hydrogen-bond donors (Lipinski definition) is 0. The first-order valence-corrected chi connectivity index (χ1v) is 4.58. The quantitative estimate of drug-likeness (QED) is 0.370. The normalized spacial score (nSPS) is 19.9. The SMILES string of the molecule is CCC(C1=CCCCC1)[N+](=O)[O-]. The van der Waals surface area contributed by atoms with Crippen LogP contribution in [0.3, 0.4) is 0 Å². The number of nitro groups is 1. The van der Waals surface area contributed by atoms with Gasteiger partial charge in [0, 0.05) is 11.3 Å². The smallest absolute Gasteiger partial charge is 0.233 e. The zero-order valence-corrected chi connectivity index (χ0v) is 7.45. The molecule has 0 saturated carbocycles. The topological polar surface area (TPSA) is 43.1 Å². The van der Waals surface area contributed by atoms with Crippen LogP contribution in [0.1, 0.15) is 39.0 Å². The Kier molecular flexibility index (Phi) is 3.26. The predicted molar refractivity (Wildman–Crippen MR) is 47.6 cm³/mol. The van der Waals surface area contributed by atoms with Crippen LogP contribution in [-0.4, -0.2) is 11.0 Å². The second kappa shape index (κ2) is 4.24. The van der Waals surface area contributed by atoms with Crippen LogP contribution >= 0.6 is 0 Å². The molecule has 0 amide bonds. The molecule has 0 spiro atoms. The number of nitrogens with zero attached hydrogens (tertiary/aromatic N) is 1. The van der Waals surface area contributed by atoms with E-state index in [1.54, 1.807) is 0 Å². The van der Waals surface area contributed by atoms with E-state index in [1.165, 1.54) is 6.42 Å². The maximum Gasteiger partial charge on any atom is 0.233 e. The first kappa shape index (κ1) is 9.23. The van der Waals surface area contributed by atoms with Gasteiger partial charge >= 0.3 is 0 Å². The minimum Gasteiger partial charge on any atom is -0.264 e. The van der Waals surface area contributed by atoms with E-state index in [-0.39, 0.29) is 4.92 Å². The van der Waals surface area contributed by atoms with Crippen LogP contribution < -0.4 is 0 Å². The van der Waals surface area contributed by atoms with Gasteiger partial charge in [-0.3, -0.25) is 10.1 Å². The fourth-order valence-electron chi connectivity index (χ4n) is 1.71. The Balaban J connectivity index is 2.64. The third-order valence-electron chi connectivity index (χ3n) is 2.40. The Morgan fingerprint density at radius 3 is 2.83 bits per heavy atom. The molecule has 0 aromatic heterocycles. The highest BCUT2D eigenvalue weighted by Gasteiger charge is 2.23. The minimum absolute atomic E-state index is 0.156. The van der Waals surface area contributed by atoms with E-state index >= 15 is 0 Å². The fourth-order valence-corrected chi connectivity index (χ4v) is 1.71. The first-order valence-electron chi connectivity index (χ1n) is 4.58. The Labute approximate surface area is 72.6 Å². The number of rotatable bonds is 3. The largest absolute Gasteiger partial charge is 0.264 e. The van der Waals surface area contributed by atoms with E-state index in [2.05, 4.69) is 6.08 Å². The summed E-state index contributed by atoms with van der Waals surface area (Å²) in [5.41, 5.74) is 1.05. The highest BCUT2D eigenvalue weighted by atomic mass is 16.6. The van der Waals surface area contributed by atoms with Gasteiger partial charge in [0.2, 0.25) is 6.04 Å². The van der Waals surface area contributed by atoms with Gasteiger partial charge < -0.3 is 0 Å². The van der Waals surface area contributed by atoms with Crippen molar-refractivity contribution in [1.82, 2.24) is 0 Å². The lowest BCUT2D eigenvalue weighted by Gasteiger charge is -2.15. The van der Waals surface area contributed by atoms with Crippen molar-refractivity contribution >= 4 is 0 Å². The zero-order valence-electron chi connectivity index (χ0n) is 7.45.